The minimum atomic E-state index is -0.0737. The Morgan fingerprint density at radius 3 is 2.61 bits per heavy atom. The van der Waals surface area contributed by atoms with Crippen LogP contribution in [-0.2, 0) is 24.2 Å². The zero-order valence-electron chi connectivity index (χ0n) is 13.2. The third-order valence-electron chi connectivity index (χ3n) is 4.26. The maximum absolute atomic E-state index is 12.5. The number of fused-ring (bicyclic) bond motifs is 1. The molecule has 2 amide bonds. The molecule has 3 rings (SSSR count). The van der Waals surface area contributed by atoms with E-state index in [4.69, 9.17) is 0 Å². The van der Waals surface area contributed by atoms with Crippen LogP contribution < -0.4 is 5.32 Å². The first-order valence-electron chi connectivity index (χ1n) is 7.83. The van der Waals surface area contributed by atoms with Crippen molar-refractivity contribution in [1.29, 1.82) is 0 Å². The van der Waals surface area contributed by atoms with Crippen LogP contribution in [0.3, 0.4) is 0 Å². The van der Waals surface area contributed by atoms with E-state index in [-0.39, 0.29) is 11.8 Å². The molecular weight excluding hydrogens is 288 g/mol. The molecule has 2 aromatic carbocycles. The zero-order valence-corrected chi connectivity index (χ0v) is 13.2. The first kappa shape index (κ1) is 15.3. The number of amides is 2. The normalized spacial score (nSPS) is 13.3. The summed E-state index contributed by atoms with van der Waals surface area (Å²) >= 11 is 0. The lowest BCUT2D eigenvalue weighted by molar-refractivity contribution is -0.131. The maximum Gasteiger partial charge on any atom is 0.251 e. The van der Waals surface area contributed by atoms with Gasteiger partial charge in [0.1, 0.15) is 0 Å². The second-order valence-electron chi connectivity index (χ2n) is 5.79. The maximum atomic E-state index is 12.5. The van der Waals surface area contributed by atoms with Gasteiger partial charge in [-0.15, -0.1) is 0 Å². The quantitative estimate of drug-likeness (QED) is 0.945. The van der Waals surface area contributed by atoms with Gasteiger partial charge in [0.25, 0.3) is 5.91 Å². The molecule has 0 aromatic heterocycles. The van der Waals surface area contributed by atoms with Crippen LogP contribution in [0.2, 0.25) is 0 Å². The van der Waals surface area contributed by atoms with E-state index in [1.54, 1.807) is 7.05 Å². The monoisotopic (exact) mass is 308 g/mol. The van der Waals surface area contributed by atoms with E-state index >= 15 is 0 Å². The van der Waals surface area contributed by atoms with E-state index in [1.165, 1.54) is 0 Å². The van der Waals surface area contributed by atoms with Crippen LogP contribution in [0.1, 0.15) is 27.0 Å². The number of hydrogen-bond acceptors (Lipinski definition) is 2. The Balaban J connectivity index is 1.70. The molecule has 2 aromatic rings. The Morgan fingerprint density at radius 1 is 1.09 bits per heavy atom. The van der Waals surface area contributed by atoms with Crippen molar-refractivity contribution in [3.63, 3.8) is 0 Å². The summed E-state index contributed by atoms with van der Waals surface area (Å²) in [5, 5.41) is 2.64. The Kier molecular flexibility index (Phi) is 4.42. The minimum Gasteiger partial charge on any atom is -0.355 e. The fraction of sp³-hybridized carbons (Fsp3) is 0.263. The first-order chi connectivity index (χ1) is 11.2. The third kappa shape index (κ3) is 3.42. The van der Waals surface area contributed by atoms with Crippen molar-refractivity contribution in [1.82, 2.24) is 10.2 Å². The third-order valence-corrected chi connectivity index (χ3v) is 4.26. The summed E-state index contributed by atoms with van der Waals surface area (Å²) in [5.74, 6) is 0.0765. The smallest absolute Gasteiger partial charge is 0.251 e. The predicted molar refractivity (Wildman–Crippen MR) is 89.1 cm³/mol. The number of carbonyl (C=O) groups is 2. The highest BCUT2D eigenvalue weighted by atomic mass is 16.2. The van der Waals surface area contributed by atoms with Crippen LogP contribution in [0.25, 0.3) is 0 Å². The van der Waals surface area contributed by atoms with Crippen molar-refractivity contribution in [2.75, 3.05) is 13.6 Å². The summed E-state index contributed by atoms with van der Waals surface area (Å²) in [4.78, 5) is 26.1. The lowest BCUT2D eigenvalue weighted by atomic mass is 9.96. The van der Waals surface area contributed by atoms with E-state index in [2.05, 4.69) is 5.32 Å². The van der Waals surface area contributed by atoms with Crippen LogP contribution in [-0.4, -0.2) is 30.3 Å². The highest BCUT2D eigenvalue weighted by Crippen LogP contribution is 2.21. The highest BCUT2D eigenvalue weighted by molar-refractivity contribution is 5.94. The molecular formula is C19H20N2O2. The molecule has 4 nitrogen and oxygen atoms in total. The molecule has 0 bridgehead atoms. The van der Waals surface area contributed by atoms with Gasteiger partial charge < -0.3 is 10.2 Å². The largest absolute Gasteiger partial charge is 0.355 e. The Morgan fingerprint density at radius 2 is 1.87 bits per heavy atom. The van der Waals surface area contributed by atoms with Crippen molar-refractivity contribution in [2.24, 2.45) is 0 Å². The van der Waals surface area contributed by atoms with E-state index < -0.39 is 0 Å². The molecule has 0 saturated heterocycles. The Labute approximate surface area is 136 Å². The molecule has 0 atom stereocenters. The predicted octanol–water partition coefficient (Wildman–Crippen LogP) is 2.17. The summed E-state index contributed by atoms with van der Waals surface area (Å²) in [6, 6.07) is 15.5. The van der Waals surface area contributed by atoms with Gasteiger partial charge in [-0.1, -0.05) is 36.4 Å². The number of nitrogens with one attached hydrogen (secondary N) is 1. The first-order valence-corrected chi connectivity index (χ1v) is 7.83. The van der Waals surface area contributed by atoms with Crippen molar-refractivity contribution in [2.45, 2.75) is 19.4 Å². The molecule has 1 aliphatic heterocycles. The highest BCUT2D eigenvalue weighted by Gasteiger charge is 2.21. The number of benzene rings is 2. The van der Waals surface area contributed by atoms with Gasteiger partial charge in [0, 0.05) is 25.7 Å². The van der Waals surface area contributed by atoms with E-state index in [9.17, 15) is 9.59 Å². The molecule has 4 heteroatoms. The molecule has 0 fully saturated rings. The van der Waals surface area contributed by atoms with Crippen LogP contribution in [0.15, 0.2) is 48.5 Å². The molecule has 23 heavy (non-hydrogen) atoms. The van der Waals surface area contributed by atoms with Crippen molar-refractivity contribution in [3.8, 4) is 0 Å². The SMILES string of the molecule is CNC(=O)c1ccc2c(c1)CCN(C(=O)Cc1ccccc1)C2. The molecule has 0 saturated carbocycles. The topological polar surface area (TPSA) is 49.4 Å². The lowest BCUT2D eigenvalue weighted by Crippen LogP contribution is -2.37. The molecule has 0 radical (unpaired) electrons. The standard InChI is InChI=1S/C19H20N2O2/c1-20-19(23)16-7-8-17-13-21(10-9-15(17)12-16)18(22)11-14-5-3-2-4-6-14/h2-8,12H,9-11,13H2,1H3,(H,20,23). The molecule has 1 N–H and O–H groups in total. The van der Waals surface area contributed by atoms with Gasteiger partial charge in [-0.05, 0) is 35.2 Å². The molecule has 0 aliphatic carbocycles. The summed E-state index contributed by atoms with van der Waals surface area (Å²) in [5.41, 5.74) is 4.01. The van der Waals surface area contributed by atoms with Crippen LogP contribution >= 0.6 is 0 Å². The van der Waals surface area contributed by atoms with Crippen LogP contribution in [0.4, 0.5) is 0 Å². The van der Waals surface area contributed by atoms with Crippen LogP contribution in [0.5, 0.6) is 0 Å². The number of hydrogen-bond donors (Lipinski definition) is 1. The fourth-order valence-corrected chi connectivity index (χ4v) is 2.93. The summed E-state index contributed by atoms with van der Waals surface area (Å²) in [7, 11) is 1.63. The second-order valence-corrected chi connectivity index (χ2v) is 5.79. The second kappa shape index (κ2) is 6.65. The van der Waals surface area contributed by atoms with Gasteiger partial charge in [0.05, 0.1) is 6.42 Å². The number of carbonyl (C=O) groups excluding carboxylic acids is 2. The molecule has 118 valence electrons. The van der Waals surface area contributed by atoms with E-state index in [0.29, 0.717) is 25.1 Å². The van der Waals surface area contributed by atoms with Crippen LogP contribution in [0, 0.1) is 0 Å². The fourth-order valence-electron chi connectivity index (χ4n) is 2.93. The zero-order chi connectivity index (χ0) is 16.2. The van der Waals surface area contributed by atoms with E-state index in [1.807, 2.05) is 53.4 Å². The van der Waals surface area contributed by atoms with Crippen molar-refractivity contribution < 1.29 is 9.59 Å². The van der Waals surface area contributed by atoms with Gasteiger partial charge in [-0.25, -0.2) is 0 Å². The molecule has 1 heterocycles. The van der Waals surface area contributed by atoms with E-state index in [0.717, 1.165) is 23.1 Å². The van der Waals surface area contributed by atoms with Gasteiger partial charge in [0.2, 0.25) is 5.91 Å². The molecule has 0 unspecified atom stereocenters. The average Bonchev–Trinajstić information content (AvgIpc) is 2.61. The van der Waals surface area contributed by atoms with Gasteiger partial charge >= 0.3 is 0 Å². The van der Waals surface area contributed by atoms with Crippen molar-refractivity contribution in [3.05, 3.63) is 70.8 Å². The lowest BCUT2D eigenvalue weighted by Gasteiger charge is -2.29. The van der Waals surface area contributed by atoms with Crippen molar-refractivity contribution >= 4 is 11.8 Å². The Bertz CT molecular complexity index is 725. The Hall–Kier alpha value is -2.62. The average molecular weight is 308 g/mol. The summed E-state index contributed by atoms with van der Waals surface area (Å²) in [6.07, 6.45) is 1.23. The molecule has 0 spiro atoms. The molecule has 1 aliphatic rings. The number of nitrogens with zero attached hydrogens (tertiary/aromatic N) is 1. The minimum absolute atomic E-state index is 0.0737. The van der Waals surface area contributed by atoms with Gasteiger partial charge in [-0.2, -0.15) is 0 Å². The summed E-state index contributed by atoms with van der Waals surface area (Å²) < 4.78 is 0. The summed E-state index contributed by atoms with van der Waals surface area (Å²) in [6.45, 7) is 1.32. The van der Waals surface area contributed by atoms with Gasteiger partial charge in [0.15, 0.2) is 0 Å². The van der Waals surface area contributed by atoms with Gasteiger partial charge in [-0.3, -0.25) is 9.59 Å². The number of rotatable bonds is 3.